The first-order valence-electron chi connectivity index (χ1n) is 8.10. The number of ether oxygens (including phenoxy) is 2. The molecule has 4 rings (SSSR count). The number of methoxy groups -OCH3 is 1. The molecule has 0 saturated heterocycles. The number of benzene rings is 2. The summed E-state index contributed by atoms with van der Waals surface area (Å²) in [6, 6.07) is 12.6. The Kier molecular flexibility index (Phi) is 4.47. The van der Waals surface area contributed by atoms with Gasteiger partial charge >= 0.3 is 5.97 Å². The highest BCUT2D eigenvalue weighted by molar-refractivity contribution is 7.14. The Morgan fingerprint density at radius 1 is 1.30 bits per heavy atom. The molecule has 1 amide bonds. The lowest BCUT2D eigenvalue weighted by molar-refractivity contribution is -0.118. The van der Waals surface area contributed by atoms with Crippen LogP contribution in [0.3, 0.4) is 0 Å². The third kappa shape index (κ3) is 3.61. The minimum Gasteiger partial charge on any atom is -0.482 e. The number of anilines is 3. The van der Waals surface area contributed by atoms with Gasteiger partial charge in [-0.1, -0.05) is 6.07 Å². The molecule has 0 radical (unpaired) electrons. The molecular weight excluding hydrogens is 366 g/mol. The molecule has 2 N–H and O–H groups in total. The predicted molar refractivity (Wildman–Crippen MR) is 103 cm³/mol. The van der Waals surface area contributed by atoms with Crippen LogP contribution in [-0.4, -0.2) is 30.6 Å². The smallest absolute Gasteiger partial charge is 0.337 e. The van der Waals surface area contributed by atoms with Crippen LogP contribution in [0.2, 0.25) is 0 Å². The van der Waals surface area contributed by atoms with Crippen LogP contribution in [0.1, 0.15) is 10.4 Å². The van der Waals surface area contributed by atoms with E-state index in [2.05, 4.69) is 15.6 Å². The first-order chi connectivity index (χ1) is 13.1. The van der Waals surface area contributed by atoms with E-state index in [4.69, 9.17) is 9.47 Å². The van der Waals surface area contributed by atoms with Crippen molar-refractivity contribution in [1.82, 2.24) is 4.98 Å². The Hall–Kier alpha value is -3.39. The number of aromatic nitrogens is 1. The minimum absolute atomic E-state index is 0.0295. The molecule has 1 aromatic heterocycles. The average molecular weight is 381 g/mol. The summed E-state index contributed by atoms with van der Waals surface area (Å²) < 4.78 is 10.1. The normalized spacial score (nSPS) is 12.6. The molecule has 0 fully saturated rings. The first kappa shape index (κ1) is 17.0. The second-order valence-corrected chi connectivity index (χ2v) is 6.64. The van der Waals surface area contributed by atoms with Crippen molar-refractivity contribution in [1.29, 1.82) is 0 Å². The van der Waals surface area contributed by atoms with E-state index in [9.17, 15) is 9.59 Å². The lowest BCUT2D eigenvalue weighted by atomic mass is 10.1. The van der Waals surface area contributed by atoms with Crippen molar-refractivity contribution in [3.8, 4) is 17.0 Å². The Balaban J connectivity index is 1.55. The summed E-state index contributed by atoms with van der Waals surface area (Å²) in [5.74, 6) is 0.0779. The second kappa shape index (κ2) is 7.08. The summed E-state index contributed by atoms with van der Waals surface area (Å²) in [5, 5.41) is 8.58. The van der Waals surface area contributed by atoms with Crippen LogP contribution in [0.5, 0.6) is 5.75 Å². The molecule has 1 aliphatic rings. The van der Waals surface area contributed by atoms with Gasteiger partial charge in [-0.15, -0.1) is 11.3 Å². The van der Waals surface area contributed by atoms with Crippen molar-refractivity contribution >= 4 is 39.7 Å². The largest absolute Gasteiger partial charge is 0.482 e. The van der Waals surface area contributed by atoms with Crippen LogP contribution in [-0.2, 0) is 9.53 Å². The summed E-state index contributed by atoms with van der Waals surface area (Å²) in [6.07, 6.45) is 0. The number of esters is 1. The topological polar surface area (TPSA) is 89.5 Å². The standard InChI is InChI=1S/C19H15N3O4S/c1-25-18(24)12-3-2-4-13(7-12)20-19-22-15(10-27-19)11-5-6-16-14(8-11)21-17(23)9-26-16/h2-8,10H,9H2,1H3,(H,20,22)(H,21,23). The van der Waals surface area contributed by atoms with Gasteiger partial charge in [-0.3, -0.25) is 4.79 Å². The lowest BCUT2D eigenvalue weighted by Crippen LogP contribution is -2.25. The first-order valence-corrected chi connectivity index (χ1v) is 8.98. The summed E-state index contributed by atoms with van der Waals surface area (Å²) in [7, 11) is 1.35. The molecule has 7 nitrogen and oxygen atoms in total. The Labute approximate surface area is 159 Å². The van der Waals surface area contributed by atoms with Gasteiger partial charge in [0.05, 0.1) is 24.1 Å². The van der Waals surface area contributed by atoms with E-state index >= 15 is 0 Å². The molecule has 0 atom stereocenters. The van der Waals surface area contributed by atoms with Crippen LogP contribution in [0.15, 0.2) is 47.8 Å². The number of hydrogen-bond donors (Lipinski definition) is 2. The molecule has 136 valence electrons. The van der Waals surface area contributed by atoms with Crippen molar-refractivity contribution in [3.63, 3.8) is 0 Å². The van der Waals surface area contributed by atoms with Gasteiger partial charge in [-0.2, -0.15) is 0 Å². The van der Waals surface area contributed by atoms with E-state index in [1.165, 1.54) is 18.4 Å². The van der Waals surface area contributed by atoms with Crippen LogP contribution >= 0.6 is 11.3 Å². The zero-order valence-electron chi connectivity index (χ0n) is 14.3. The number of amides is 1. The maximum Gasteiger partial charge on any atom is 0.337 e. The summed E-state index contributed by atoms with van der Waals surface area (Å²) >= 11 is 1.44. The maximum absolute atomic E-state index is 11.6. The zero-order chi connectivity index (χ0) is 18.8. The molecule has 3 aromatic rings. The van der Waals surface area contributed by atoms with Gasteiger partial charge < -0.3 is 20.1 Å². The number of carbonyl (C=O) groups excluding carboxylic acids is 2. The SMILES string of the molecule is COC(=O)c1cccc(Nc2nc(-c3ccc4c(c3)NC(=O)CO4)cs2)c1. The highest BCUT2D eigenvalue weighted by atomic mass is 32.1. The molecule has 8 heteroatoms. The van der Waals surface area contributed by atoms with Crippen molar-refractivity contribution in [2.45, 2.75) is 0 Å². The Morgan fingerprint density at radius 2 is 2.19 bits per heavy atom. The number of nitrogens with zero attached hydrogens (tertiary/aromatic N) is 1. The second-order valence-electron chi connectivity index (χ2n) is 5.78. The van der Waals surface area contributed by atoms with Gasteiger partial charge in [0.15, 0.2) is 11.7 Å². The molecule has 2 aromatic carbocycles. The van der Waals surface area contributed by atoms with Crippen LogP contribution < -0.4 is 15.4 Å². The summed E-state index contributed by atoms with van der Waals surface area (Å²) in [6.45, 7) is 0.0295. The van der Waals surface area contributed by atoms with Gasteiger partial charge in [-0.25, -0.2) is 9.78 Å². The van der Waals surface area contributed by atoms with E-state index < -0.39 is 5.97 Å². The number of thiazole rings is 1. The molecule has 0 unspecified atom stereocenters. The Bertz CT molecular complexity index is 1030. The van der Waals surface area contributed by atoms with Gasteiger partial charge in [0.25, 0.3) is 5.91 Å². The fourth-order valence-electron chi connectivity index (χ4n) is 2.67. The highest BCUT2D eigenvalue weighted by Gasteiger charge is 2.17. The summed E-state index contributed by atoms with van der Waals surface area (Å²) in [5.41, 5.74) is 3.48. The van der Waals surface area contributed by atoms with Gasteiger partial charge in [0.1, 0.15) is 5.75 Å². The van der Waals surface area contributed by atoms with Crippen molar-refractivity contribution in [2.24, 2.45) is 0 Å². The van der Waals surface area contributed by atoms with E-state index in [1.54, 1.807) is 18.2 Å². The van der Waals surface area contributed by atoms with Gasteiger partial charge in [0, 0.05) is 16.6 Å². The molecule has 27 heavy (non-hydrogen) atoms. The summed E-state index contributed by atoms with van der Waals surface area (Å²) in [4.78, 5) is 27.7. The minimum atomic E-state index is -0.392. The number of fused-ring (bicyclic) bond motifs is 1. The monoisotopic (exact) mass is 381 g/mol. The van der Waals surface area contributed by atoms with E-state index in [0.717, 1.165) is 16.9 Å². The molecule has 0 aliphatic carbocycles. The van der Waals surface area contributed by atoms with E-state index in [1.807, 2.05) is 29.6 Å². The van der Waals surface area contributed by atoms with E-state index in [0.29, 0.717) is 22.1 Å². The predicted octanol–water partition coefficient (Wildman–Crippen LogP) is 3.67. The molecule has 0 bridgehead atoms. The number of hydrogen-bond acceptors (Lipinski definition) is 7. The molecule has 1 aliphatic heterocycles. The lowest BCUT2D eigenvalue weighted by Gasteiger charge is -2.18. The van der Waals surface area contributed by atoms with Crippen molar-refractivity contribution < 1.29 is 19.1 Å². The van der Waals surface area contributed by atoms with E-state index in [-0.39, 0.29) is 12.5 Å². The van der Waals surface area contributed by atoms with Gasteiger partial charge in [0.2, 0.25) is 0 Å². The van der Waals surface area contributed by atoms with Crippen molar-refractivity contribution in [2.75, 3.05) is 24.4 Å². The molecule has 0 spiro atoms. The number of rotatable bonds is 4. The Morgan fingerprint density at radius 3 is 3.04 bits per heavy atom. The molecular formula is C19H15N3O4S. The number of nitrogens with one attached hydrogen (secondary N) is 2. The molecule has 2 heterocycles. The maximum atomic E-state index is 11.6. The van der Waals surface area contributed by atoms with Gasteiger partial charge in [-0.05, 0) is 36.4 Å². The average Bonchev–Trinajstić information content (AvgIpc) is 3.15. The van der Waals surface area contributed by atoms with Crippen LogP contribution in [0, 0.1) is 0 Å². The fraction of sp³-hybridized carbons (Fsp3) is 0.105. The van der Waals surface area contributed by atoms with Crippen LogP contribution in [0.25, 0.3) is 11.3 Å². The number of carbonyl (C=O) groups is 2. The fourth-order valence-corrected chi connectivity index (χ4v) is 3.41. The van der Waals surface area contributed by atoms with Crippen molar-refractivity contribution in [3.05, 3.63) is 53.4 Å². The quantitative estimate of drug-likeness (QED) is 0.670. The highest BCUT2D eigenvalue weighted by Crippen LogP contribution is 2.34. The third-order valence-electron chi connectivity index (χ3n) is 3.95. The molecule has 0 saturated carbocycles. The third-order valence-corrected chi connectivity index (χ3v) is 4.71. The zero-order valence-corrected chi connectivity index (χ0v) is 15.1. The van der Waals surface area contributed by atoms with Crippen LogP contribution in [0.4, 0.5) is 16.5 Å².